The van der Waals surface area contributed by atoms with Gasteiger partial charge < -0.3 is 33.7 Å². The minimum Gasteiger partial charge on any atom is -0.464 e. The molecule has 246 valence electrons. The van der Waals surface area contributed by atoms with Crippen molar-refractivity contribution in [3.8, 4) is 0 Å². The minimum absolute atomic E-state index is 0.107. The van der Waals surface area contributed by atoms with E-state index in [-0.39, 0.29) is 12.4 Å². The van der Waals surface area contributed by atoms with Crippen LogP contribution in [0, 0.1) is 11.8 Å². The molecule has 14 nitrogen and oxygen atoms in total. The van der Waals surface area contributed by atoms with Crippen LogP contribution in [-0.2, 0) is 47.6 Å². The van der Waals surface area contributed by atoms with E-state index in [2.05, 4.69) is 10.2 Å². The van der Waals surface area contributed by atoms with Crippen molar-refractivity contribution >= 4 is 57.9 Å². The molecule has 0 aliphatic carbocycles. The number of carbonyl (C=O) groups is 6. The first-order chi connectivity index (χ1) is 20.2. The van der Waals surface area contributed by atoms with Gasteiger partial charge in [0.05, 0.1) is 36.4 Å². The summed E-state index contributed by atoms with van der Waals surface area (Å²) in [4.78, 5) is 75.6. The molecule has 1 heterocycles. The number of carbonyl (C=O) groups excluding carboxylic acids is 6. The molecule has 0 aromatic carbocycles. The molecule has 1 saturated heterocycles. The summed E-state index contributed by atoms with van der Waals surface area (Å²) in [6.07, 6.45) is 1.38. The molecule has 1 aliphatic rings. The van der Waals surface area contributed by atoms with Crippen LogP contribution in [0.2, 0.25) is 0 Å². The Bertz CT molecular complexity index is 939. The van der Waals surface area contributed by atoms with E-state index in [4.69, 9.17) is 28.4 Å². The standard InChI is InChI=1S/C27H44N2O12S2/c1-18(2)21(30)38-16-40-25(34)42-15-20(23(32)37-12-8-7-9-29-10-13-36-14-11-29)28-24(33)27(5,6)43-26(35)41-17-39-22(31)19(3)4/h18-20H,7-17H2,1-6H3,(H,28,33)/t20-/m0/s1. The topological polar surface area (TPSA) is 173 Å². The maximum Gasteiger partial charge on any atom is 0.371 e. The van der Waals surface area contributed by atoms with Gasteiger partial charge in [0.15, 0.2) is 0 Å². The first-order valence-corrected chi connectivity index (χ1v) is 15.8. The molecule has 0 aromatic heterocycles. The highest BCUT2D eigenvalue weighted by molar-refractivity contribution is 8.15. The first-order valence-electron chi connectivity index (χ1n) is 14.0. The van der Waals surface area contributed by atoms with E-state index in [1.54, 1.807) is 27.7 Å². The molecule has 0 aromatic rings. The smallest absolute Gasteiger partial charge is 0.371 e. The van der Waals surface area contributed by atoms with Crippen LogP contribution in [0.5, 0.6) is 0 Å². The molecule has 1 atom stereocenters. The van der Waals surface area contributed by atoms with Crippen LogP contribution in [0.3, 0.4) is 0 Å². The lowest BCUT2D eigenvalue weighted by Crippen LogP contribution is -2.50. The third-order valence-electron chi connectivity index (χ3n) is 5.76. The second kappa shape index (κ2) is 20.4. The average Bonchev–Trinajstić information content (AvgIpc) is 2.94. The maximum absolute atomic E-state index is 13.1. The third-order valence-corrected chi connectivity index (χ3v) is 7.59. The van der Waals surface area contributed by atoms with Crippen LogP contribution < -0.4 is 5.32 Å². The van der Waals surface area contributed by atoms with Crippen molar-refractivity contribution in [3.05, 3.63) is 0 Å². The van der Waals surface area contributed by atoms with Crippen molar-refractivity contribution in [2.45, 2.75) is 65.2 Å². The zero-order valence-corrected chi connectivity index (χ0v) is 27.3. The first kappa shape index (κ1) is 38.5. The van der Waals surface area contributed by atoms with E-state index in [9.17, 15) is 28.8 Å². The second-order valence-electron chi connectivity index (χ2n) is 10.5. The van der Waals surface area contributed by atoms with Crippen molar-refractivity contribution in [2.24, 2.45) is 11.8 Å². The Morgan fingerprint density at radius 1 is 0.791 bits per heavy atom. The van der Waals surface area contributed by atoms with Crippen molar-refractivity contribution < 1.29 is 57.2 Å². The van der Waals surface area contributed by atoms with Crippen molar-refractivity contribution in [2.75, 3.05) is 58.8 Å². The highest BCUT2D eigenvalue weighted by atomic mass is 32.2. The van der Waals surface area contributed by atoms with Gasteiger partial charge in [-0.15, -0.1) is 0 Å². The fraction of sp³-hybridized carbons (Fsp3) is 0.778. The third kappa shape index (κ3) is 16.8. The van der Waals surface area contributed by atoms with E-state index in [0.29, 0.717) is 43.2 Å². The number of amides is 1. The molecule has 0 saturated carbocycles. The van der Waals surface area contributed by atoms with Crippen molar-refractivity contribution in [3.63, 3.8) is 0 Å². The van der Waals surface area contributed by atoms with E-state index < -0.39 is 70.6 Å². The lowest BCUT2D eigenvalue weighted by Gasteiger charge is -2.26. The normalized spacial score (nSPS) is 14.5. The number of nitrogens with one attached hydrogen (secondary N) is 1. The number of nitrogens with zero attached hydrogens (tertiary/aromatic N) is 1. The SMILES string of the molecule is CC(C)C(=O)OCOC(=O)SC[C@H](NC(=O)C(C)(C)SC(=O)OCOC(=O)C(C)C)C(=O)OCCCCN1CCOCC1. The molecule has 1 rings (SSSR count). The molecule has 1 fully saturated rings. The molecular weight excluding hydrogens is 608 g/mol. The summed E-state index contributed by atoms with van der Waals surface area (Å²) in [5, 5.41) is 0.824. The minimum atomic E-state index is -1.41. The highest BCUT2D eigenvalue weighted by Gasteiger charge is 2.36. The van der Waals surface area contributed by atoms with Gasteiger partial charge in [-0.3, -0.25) is 19.3 Å². The molecule has 0 unspecified atom stereocenters. The van der Waals surface area contributed by atoms with Gasteiger partial charge in [0.1, 0.15) is 6.04 Å². The van der Waals surface area contributed by atoms with Gasteiger partial charge in [-0.2, -0.15) is 0 Å². The highest BCUT2D eigenvalue weighted by Crippen LogP contribution is 2.27. The zero-order chi connectivity index (χ0) is 32.4. The number of unbranched alkanes of at least 4 members (excludes halogenated alkanes) is 1. The quantitative estimate of drug-likeness (QED) is 0.105. The predicted molar refractivity (Wildman–Crippen MR) is 158 cm³/mol. The monoisotopic (exact) mass is 652 g/mol. The number of thioether (sulfide) groups is 2. The fourth-order valence-corrected chi connectivity index (χ4v) is 4.45. The van der Waals surface area contributed by atoms with Crippen LogP contribution in [0.4, 0.5) is 9.59 Å². The van der Waals surface area contributed by atoms with Gasteiger partial charge in [-0.05, 0) is 56.8 Å². The number of rotatable bonds is 17. The Morgan fingerprint density at radius 2 is 1.35 bits per heavy atom. The van der Waals surface area contributed by atoms with Crippen molar-refractivity contribution in [1.82, 2.24) is 10.2 Å². The average molecular weight is 653 g/mol. The summed E-state index contributed by atoms with van der Waals surface area (Å²) in [6, 6.07) is -1.26. The molecule has 43 heavy (non-hydrogen) atoms. The van der Waals surface area contributed by atoms with Gasteiger partial charge in [-0.25, -0.2) is 14.4 Å². The Kier molecular flexibility index (Phi) is 18.3. The van der Waals surface area contributed by atoms with Crippen LogP contribution in [0.15, 0.2) is 0 Å². The summed E-state index contributed by atoms with van der Waals surface area (Å²) in [7, 11) is 0. The Balaban J connectivity index is 2.67. The summed E-state index contributed by atoms with van der Waals surface area (Å²) in [5.41, 5.74) is 0. The Morgan fingerprint density at radius 3 is 1.91 bits per heavy atom. The van der Waals surface area contributed by atoms with Crippen LogP contribution in [0.25, 0.3) is 0 Å². The largest absolute Gasteiger partial charge is 0.464 e. The van der Waals surface area contributed by atoms with Gasteiger partial charge >= 0.3 is 28.5 Å². The van der Waals surface area contributed by atoms with Crippen LogP contribution in [0.1, 0.15) is 54.4 Å². The number of morpholine rings is 1. The molecular formula is C27H44N2O12S2. The molecule has 0 radical (unpaired) electrons. The Hall–Kier alpha value is -2.56. The van der Waals surface area contributed by atoms with Gasteiger partial charge in [0, 0.05) is 18.8 Å². The number of hydrogen-bond acceptors (Lipinski definition) is 15. The summed E-state index contributed by atoms with van der Waals surface area (Å²) >= 11 is 1.11. The lowest BCUT2D eigenvalue weighted by atomic mass is 10.2. The number of esters is 3. The summed E-state index contributed by atoms with van der Waals surface area (Å²) < 4.78 is 28.6. The lowest BCUT2D eigenvalue weighted by molar-refractivity contribution is -0.156. The summed E-state index contributed by atoms with van der Waals surface area (Å²) in [5.74, 6) is -3.62. The number of ether oxygens (including phenoxy) is 6. The number of hydrogen-bond donors (Lipinski definition) is 1. The van der Waals surface area contributed by atoms with E-state index in [0.717, 1.165) is 26.1 Å². The summed E-state index contributed by atoms with van der Waals surface area (Å²) in [6.45, 7) is 12.2. The molecule has 1 aliphatic heterocycles. The molecule has 1 amide bonds. The van der Waals surface area contributed by atoms with Crippen LogP contribution >= 0.6 is 23.5 Å². The maximum atomic E-state index is 13.1. The predicted octanol–water partition coefficient (Wildman–Crippen LogP) is 2.96. The van der Waals surface area contributed by atoms with Crippen LogP contribution in [-0.4, -0.2) is 109 Å². The van der Waals surface area contributed by atoms with E-state index in [1.165, 1.54) is 13.8 Å². The van der Waals surface area contributed by atoms with E-state index in [1.807, 2.05) is 0 Å². The van der Waals surface area contributed by atoms with Gasteiger partial charge in [-0.1, -0.05) is 27.7 Å². The molecule has 0 bridgehead atoms. The second-order valence-corrected chi connectivity index (χ2v) is 13.1. The fourth-order valence-electron chi connectivity index (χ4n) is 3.12. The molecule has 0 spiro atoms. The van der Waals surface area contributed by atoms with Gasteiger partial charge in [0.2, 0.25) is 19.5 Å². The van der Waals surface area contributed by atoms with Gasteiger partial charge in [0.25, 0.3) is 0 Å². The van der Waals surface area contributed by atoms with E-state index >= 15 is 0 Å². The Labute approximate surface area is 260 Å². The molecule has 16 heteroatoms. The molecule has 1 N–H and O–H groups in total. The van der Waals surface area contributed by atoms with Crippen molar-refractivity contribution in [1.29, 1.82) is 0 Å². The zero-order valence-electron chi connectivity index (χ0n) is 25.7.